The normalized spacial score (nSPS) is 14.6. The summed E-state index contributed by atoms with van der Waals surface area (Å²) >= 11 is 6.17. The number of hydrogen-bond donors (Lipinski definition) is 1. The highest BCUT2D eigenvalue weighted by atomic mass is 35.5. The third-order valence-corrected chi connectivity index (χ3v) is 4.66. The summed E-state index contributed by atoms with van der Waals surface area (Å²) in [5, 5.41) is 3.96. The number of rotatable bonds is 4. The SMILES string of the molecule is COc1cc(Cl)c(C)cc1Nc1nc(C)cc(N2CCCCC2)n1. The van der Waals surface area contributed by atoms with Gasteiger partial charge >= 0.3 is 0 Å². The van der Waals surface area contributed by atoms with Crippen LogP contribution in [0.15, 0.2) is 18.2 Å². The summed E-state index contributed by atoms with van der Waals surface area (Å²) in [4.78, 5) is 11.5. The number of hydrogen-bond acceptors (Lipinski definition) is 5. The first-order valence-electron chi connectivity index (χ1n) is 8.28. The molecule has 1 N–H and O–H groups in total. The Morgan fingerprint density at radius 3 is 2.54 bits per heavy atom. The highest BCUT2D eigenvalue weighted by Gasteiger charge is 2.15. The van der Waals surface area contributed by atoms with E-state index in [0.717, 1.165) is 35.9 Å². The maximum absolute atomic E-state index is 6.17. The van der Waals surface area contributed by atoms with Crippen molar-refractivity contribution in [2.45, 2.75) is 33.1 Å². The molecule has 6 heteroatoms. The fourth-order valence-corrected chi connectivity index (χ4v) is 3.10. The first-order valence-corrected chi connectivity index (χ1v) is 8.66. The van der Waals surface area contributed by atoms with Gasteiger partial charge in [-0.25, -0.2) is 4.98 Å². The van der Waals surface area contributed by atoms with Crippen LogP contribution in [0.4, 0.5) is 17.5 Å². The molecule has 0 spiro atoms. The van der Waals surface area contributed by atoms with Crippen LogP contribution in [0.1, 0.15) is 30.5 Å². The molecule has 1 aliphatic rings. The van der Waals surface area contributed by atoms with E-state index in [0.29, 0.717) is 16.7 Å². The van der Waals surface area contributed by atoms with Crippen molar-refractivity contribution in [1.82, 2.24) is 9.97 Å². The van der Waals surface area contributed by atoms with Gasteiger partial charge in [0.1, 0.15) is 11.6 Å². The number of methoxy groups -OCH3 is 1. The molecule has 0 radical (unpaired) electrons. The summed E-state index contributed by atoms with van der Waals surface area (Å²) in [5.41, 5.74) is 2.73. The van der Waals surface area contributed by atoms with E-state index in [2.05, 4.69) is 15.2 Å². The number of piperidine rings is 1. The standard InChI is InChI=1S/C18H23ClN4O/c1-12-9-15(16(24-3)11-14(12)19)21-18-20-13(2)10-17(22-18)23-7-5-4-6-8-23/h9-11H,4-8H2,1-3H3,(H,20,21,22). The van der Waals surface area contributed by atoms with Crippen LogP contribution in [0.3, 0.4) is 0 Å². The van der Waals surface area contributed by atoms with Gasteiger partial charge in [0.15, 0.2) is 0 Å². The van der Waals surface area contributed by atoms with Gasteiger partial charge in [-0.15, -0.1) is 0 Å². The van der Waals surface area contributed by atoms with E-state index >= 15 is 0 Å². The van der Waals surface area contributed by atoms with Crippen LogP contribution >= 0.6 is 11.6 Å². The zero-order valence-corrected chi connectivity index (χ0v) is 15.2. The molecule has 0 amide bonds. The number of halogens is 1. The molecule has 2 aromatic rings. The van der Waals surface area contributed by atoms with Gasteiger partial charge in [-0.2, -0.15) is 4.98 Å². The van der Waals surface area contributed by atoms with Gasteiger partial charge in [0.25, 0.3) is 0 Å². The van der Waals surface area contributed by atoms with Gasteiger partial charge in [0.2, 0.25) is 5.95 Å². The van der Waals surface area contributed by atoms with E-state index in [4.69, 9.17) is 21.3 Å². The number of aryl methyl sites for hydroxylation is 2. The van der Waals surface area contributed by atoms with Crippen LogP contribution in [0.5, 0.6) is 5.75 Å². The van der Waals surface area contributed by atoms with Crippen molar-refractivity contribution >= 4 is 29.1 Å². The number of ether oxygens (including phenoxy) is 1. The maximum atomic E-state index is 6.17. The van der Waals surface area contributed by atoms with E-state index in [1.54, 1.807) is 13.2 Å². The first kappa shape index (κ1) is 16.8. The van der Waals surface area contributed by atoms with Gasteiger partial charge in [-0.1, -0.05) is 11.6 Å². The van der Waals surface area contributed by atoms with E-state index in [1.165, 1.54) is 19.3 Å². The summed E-state index contributed by atoms with van der Waals surface area (Å²) in [6.07, 6.45) is 3.74. The largest absolute Gasteiger partial charge is 0.495 e. The zero-order valence-electron chi connectivity index (χ0n) is 14.4. The smallest absolute Gasteiger partial charge is 0.229 e. The van der Waals surface area contributed by atoms with E-state index in [-0.39, 0.29) is 0 Å². The number of benzene rings is 1. The molecule has 3 rings (SSSR count). The lowest BCUT2D eigenvalue weighted by Gasteiger charge is -2.28. The molecule has 24 heavy (non-hydrogen) atoms. The molecule has 0 atom stereocenters. The lowest BCUT2D eigenvalue weighted by molar-refractivity contribution is 0.416. The number of nitrogens with one attached hydrogen (secondary N) is 1. The van der Waals surface area contributed by atoms with Crippen molar-refractivity contribution in [2.24, 2.45) is 0 Å². The van der Waals surface area contributed by atoms with Crippen LogP contribution < -0.4 is 15.0 Å². The second kappa shape index (κ2) is 7.26. The number of aromatic nitrogens is 2. The van der Waals surface area contributed by atoms with E-state index < -0.39 is 0 Å². The predicted octanol–water partition coefficient (Wildman–Crippen LogP) is 4.49. The minimum Gasteiger partial charge on any atom is -0.495 e. The van der Waals surface area contributed by atoms with Gasteiger partial charge in [0.05, 0.1) is 12.8 Å². The molecule has 0 bridgehead atoms. The van der Waals surface area contributed by atoms with Crippen LogP contribution in [-0.2, 0) is 0 Å². The average molecular weight is 347 g/mol. The molecule has 1 saturated heterocycles. The Labute approximate surface area is 148 Å². The molecule has 1 aromatic heterocycles. The van der Waals surface area contributed by atoms with Crippen LogP contribution in [0, 0.1) is 13.8 Å². The molecule has 0 aliphatic carbocycles. The molecule has 1 fully saturated rings. The topological polar surface area (TPSA) is 50.3 Å². The minimum absolute atomic E-state index is 0.579. The van der Waals surface area contributed by atoms with Gasteiger partial charge in [-0.05, 0) is 44.7 Å². The van der Waals surface area contributed by atoms with Crippen molar-refractivity contribution in [3.05, 3.63) is 34.5 Å². The van der Waals surface area contributed by atoms with Gasteiger partial charge in [-0.3, -0.25) is 0 Å². The van der Waals surface area contributed by atoms with E-state index in [9.17, 15) is 0 Å². The lowest BCUT2D eigenvalue weighted by atomic mass is 10.1. The Hall–Kier alpha value is -2.01. The monoisotopic (exact) mass is 346 g/mol. The van der Waals surface area contributed by atoms with Crippen LogP contribution in [0.25, 0.3) is 0 Å². The predicted molar refractivity (Wildman–Crippen MR) is 98.9 cm³/mol. The third-order valence-electron chi connectivity index (χ3n) is 4.25. The Balaban J connectivity index is 1.90. The highest BCUT2D eigenvalue weighted by Crippen LogP contribution is 2.32. The zero-order chi connectivity index (χ0) is 17.1. The summed E-state index contributed by atoms with van der Waals surface area (Å²) in [5.74, 6) is 2.24. The molecule has 0 saturated carbocycles. The van der Waals surface area contributed by atoms with Gasteiger partial charge in [0, 0.05) is 35.9 Å². The van der Waals surface area contributed by atoms with Crippen LogP contribution in [0.2, 0.25) is 5.02 Å². The first-order chi connectivity index (χ1) is 11.6. The van der Waals surface area contributed by atoms with E-state index in [1.807, 2.05) is 26.0 Å². The lowest BCUT2D eigenvalue weighted by Crippen LogP contribution is -2.30. The molecule has 128 valence electrons. The molecule has 0 unspecified atom stereocenters. The van der Waals surface area contributed by atoms with Crippen molar-refractivity contribution in [2.75, 3.05) is 30.4 Å². The Morgan fingerprint density at radius 1 is 1.08 bits per heavy atom. The molecule has 1 aromatic carbocycles. The quantitative estimate of drug-likeness (QED) is 0.883. The maximum Gasteiger partial charge on any atom is 0.229 e. The van der Waals surface area contributed by atoms with Crippen molar-refractivity contribution in [3.63, 3.8) is 0 Å². The highest BCUT2D eigenvalue weighted by molar-refractivity contribution is 6.31. The third kappa shape index (κ3) is 3.73. The van der Waals surface area contributed by atoms with Crippen LogP contribution in [-0.4, -0.2) is 30.2 Å². The molecule has 5 nitrogen and oxygen atoms in total. The molecule has 1 aliphatic heterocycles. The fourth-order valence-electron chi connectivity index (χ4n) is 2.94. The van der Waals surface area contributed by atoms with Gasteiger partial charge < -0.3 is 15.0 Å². The van der Waals surface area contributed by atoms with Crippen molar-refractivity contribution in [1.29, 1.82) is 0 Å². The second-order valence-corrected chi connectivity index (χ2v) is 6.57. The summed E-state index contributed by atoms with van der Waals surface area (Å²) in [7, 11) is 1.63. The second-order valence-electron chi connectivity index (χ2n) is 6.17. The number of nitrogens with zero attached hydrogens (tertiary/aromatic N) is 3. The van der Waals surface area contributed by atoms with Crippen molar-refractivity contribution in [3.8, 4) is 5.75 Å². The molecular formula is C18H23ClN4O. The summed E-state index contributed by atoms with van der Waals surface area (Å²) in [6.45, 7) is 6.06. The Bertz CT molecular complexity index is 729. The summed E-state index contributed by atoms with van der Waals surface area (Å²) < 4.78 is 5.42. The molecular weight excluding hydrogens is 324 g/mol. The Kier molecular flexibility index (Phi) is 5.09. The van der Waals surface area contributed by atoms with Crippen molar-refractivity contribution < 1.29 is 4.74 Å². The number of anilines is 3. The summed E-state index contributed by atoms with van der Waals surface area (Å²) in [6, 6.07) is 5.80. The Morgan fingerprint density at radius 2 is 1.83 bits per heavy atom. The average Bonchev–Trinajstić information content (AvgIpc) is 2.58. The minimum atomic E-state index is 0.579. The fraction of sp³-hybridized carbons (Fsp3) is 0.444. The molecule has 2 heterocycles.